The van der Waals surface area contributed by atoms with E-state index in [9.17, 15) is 9.59 Å². The van der Waals surface area contributed by atoms with Crippen LogP contribution in [0.1, 0.15) is 48.9 Å². The summed E-state index contributed by atoms with van der Waals surface area (Å²) in [5, 5.41) is 2.91. The molecule has 35 heavy (non-hydrogen) atoms. The molecule has 0 saturated heterocycles. The summed E-state index contributed by atoms with van der Waals surface area (Å²) in [6.45, 7) is 8.86. The summed E-state index contributed by atoms with van der Waals surface area (Å²) in [6, 6.07) is 25.0. The maximum atomic E-state index is 13.5. The van der Waals surface area contributed by atoms with Gasteiger partial charge < -0.3 is 15.0 Å². The molecule has 0 aromatic heterocycles. The molecule has 1 N–H and O–H groups in total. The number of hydrogen-bond acceptors (Lipinski definition) is 3. The van der Waals surface area contributed by atoms with Crippen LogP contribution in [0.4, 0.5) is 0 Å². The average molecular weight is 473 g/mol. The van der Waals surface area contributed by atoms with Crippen molar-refractivity contribution in [1.29, 1.82) is 0 Å². The van der Waals surface area contributed by atoms with Gasteiger partial charge in [0.2, 0.25) is 5.91 Å². The second-order valence-electron chi connectivity index (χ2n) is 9.12. The number of ether oxygens (including phenoxy) is 1. The quantitative estimate of drug-likeness (QED) is 0.413. The molecule has 0 bridgehead atoms. The lowest BCUT2D eigenvalue weighted by molar-refractivity contribution is -0.142. The molecule has 0 radical (unpaired) electrons. The molecule has 0 saturated carbocycles. The first-order chi connectivity index (χ1) is 16.9. The van der Waals surface area contributed by atoms with Gasteiger partial charge in [-0.05, 0) is 48.6 Å². The Morgan fingerprint density at radius 2 is 1.54 bits per heavy atom. The molecule has 3 rings (SSSR count). The third-order valence-electron chi connectivity index (χ3n) is 6.00. The Morgan fingerprint density at radius 1 is 0.886 bits per heavy atom. The smallest absolute Gasteiger partial charge is 0.261 e. The monoisotopic (exact) mass is 472 g/mol. The van der Waals surface area contributed by atoms with Crippen molar-refractivity contribution in [1.82, 2.24) is 10.2 Å². The van der Waals surface area contributed by atoms with Gasteiger partial charge >= 0.3 is 0 Å². The second kappa shape index (κ2) is 12.7. The van der Waals surface area contributed by atoms with Gasteiger partial charge in [0.25, 0.3) is 5.91 Å². The zero-order chi connectivity index (χ0) is 25.2. The Hall–Kier alpha value is -3.60. The predicted molar refractivity (Wildman–Crippen MR) is 140 cm³/mol. The van der Waals surface area contributed by atoms with E-state index in [-0.39, 0.29) is 18.4 Å². The molecule has 0 aliphatic heterocycles. The highest BCUT2D eigenvalue weighted by molar-refractivity contribution is 5.88. The molecule has 3 aromatic rings. The molecule has 0 fully saturated rings. The minimum atomic E-state index is -0.655. The fraction of sp³-hybridized carbons (Fsp3) is 0.333. The van der Waals surface area contributed by atoms with E-state index in [1.807, 2.05) is 92.7 Å². The van der Waals surface area contributed by atoms with Gasteiger partial charge in [-0.25, -0.2) is 0 Å². The van der Waals surface area contributed by atoms with E-state index >= 15 is 0 Å². The molecule has 0 spiro atoms. The van der Waals surface area contributed by atoms with Gasteiger partial charge in [0, 0.05) is 19.5 Å². The summed E-state index contributed by atoms with van der Waals surface area (Å²) in [4.78, 5) is 28.3. The van der Waals surface area contributed by atoms with Gasteiger partial charge in [-0.3, -0.25) is 9.59 Å². The largest absolute Gasteiger partial charge is 0.484 e. The van der Waals surface area contributed by atoms with Crippen molar-refractivity contribution in [3.8, 4) is 5.75 Å². The fourth-order valence-electron chi connectivity index (χ4n) is 3.91. The third kappa shape index (κ3) is 7.71. The van der Waals surface area contributed by atoms with Crippen LogP contribution in [0.3, 0.4) is 0 Å². The molecule has 5 heteroatoms. The van der Waals surface area contributed by atoms with Crippen LogP contribution in [-0.2, 0) is 22.6 Å². The third-order valence-corrected chi connectivity index (χ3v) is 6.00. The summed E-state index contributed by atoms with van der Waals surface area (Å²) in [5.41, 5.74) is 4.32. The van der Waals surface area contributed by atoms with Gasteiger partial charge in [-0.1, -0.05) is 86.1 Å². The molecule has 5 nitrogen and oxygen atoms in total. The van der Waals surface area contributed by atoms with E-state index in [0.717, 1.165) is 16.7 Å². The minimum absolute atomic E-state index is 0.141. The Kier molecular flexibility index (Phi) is 9.47. The van der Waals surface area contributed by atoms with Crippen molar-refractivity contribution in [2.45, 2.75) is 52.6 Å². The van der Waals surface area contributed by atoms with E-state index < -0.39 is 6.04 Å². The SMILES string of the molecule is CCNC(=O)[C@H](Cc1ccccc1)N(Cc1ccc(C)cc1)C(=O)COc1ccc(C(C)C)cc1. The Labute approximate surface area is 209 Å². The molecule has 0 heterocycles. The maximum Gasteiger partial charge on any atom is 0.261 e. The number of aryl methyl sites for hydroxylation is 1. The molecular formula is C30H36N2O3. The zero-order valence-corrected chi connectivity index (χ0v) is 21.2. The summed E-state index contributed by atoms with van der Waals surface area (Å²) >= 11 is 0. The maximum absolute atomic E-state index is 13.5. The zero-order valence-electron chi connectivity index (χ0n) is 21.2. The van der Waals surface area contributed by atoms with Gasteiger partial charge in [0.15, 0.2) is 6.61 Å². The molecule has 0 unspecified atom stereocenters. The minimum Gasteiger partial charge on any atom is -0.484 e. The summed E-state index contributed by atoms with van der Waals surface area (Å²) in [5.74, 6) is 0.658. The highest BCUT2D eigenvalue weighted by Crippen LogP contribution is 2.20. The second-order valence-corrected chi connectivity index (χ2v) is 9.12. The Balaban J connectivity index is 1.85. The van der Waals surface area contributed by atoms with Gasteiger partial charge in [0.1, 0.15) is 11.8 Å². The first-order valence-electron chi connectivity index (χ1n) is 12.3. The van der Waals surface area contributed by atoms with Crippen LogP contribution in [-0.4, -0.2) is 35.9 Å². The van der Waals surface area contributed by atoms with Crippen molar-refractivity contribution < 1.29 is 14.3 Å². The number of nitrogens with zero attached hydrogens (tertiary/aromatic N) is 1. The topological polar surface area (TPSA) is 58.6 Å². The molecule has 2 amide bonds. The number of hydrogen-bond donors (Lipinski definition) is 1. The lowest BCUT2D eigenvalue weighted by atomic mass is 10.0. The van der Waals surface area contributed by atoms with Crippen molar-refractivity contribution in [3.05, 3.63) is 101 Å². The number of likely N-dealkylation sites (N-methyl/N-ethyl adjacent to an activating group) is 1. The summed E-state index contributed by atoms with van der Waals surface area (Å²) in [7, 11) is 0. The van der Waals surface area contributed by atoms with E-state index in [0.29, 0.717) is 31.2 Å². The van der Waals surface area contributed by atoms with Crippen LogP contribution in [0.5, 0.6) is 5.75 Å². The molecule has 0 aliphatic rings. The number of benzene rings is 3. The number of rotatable bonds is 11. The molecule has 0 aliphatic carbocycles. The van der Waals surface area contributed by atoms with Gasteiger partial charge in [-0.2, -0.15) is 0 Å². The lowest BCUT2D eigenvalue weighted by Gasteiger charge is -2.31. The summed E-state index contributed by atoms with van der Waals surface area (Å²) in [6.07, 6.45) is 0.424. The molecule has 3 aromatic carbocycles. The van der Waals surface area contributed by atoms with Crippen molar-refractivity contribution >= 4 is 11.8 Å². The van der Waals surface area contributed by atoms with Crippen molar-refractivity contribution in [3.63, 3.8) is 0 Å². The number of nitrogens with one attached hydrogen (secondary N) is 1. The van der Waals surface area contributed by atoms with E-state index in [4.69, 9.17) is 4.74 Å². The first kappa shape index (κ1) is 26.0. The molecule has 1 atom stereocenters. The van der Waals surface area contributed by atoms with Crippen LogP contribution in [0.15, 0.2) is 78.9 Å². The summed E-state index contributed by atoms with van der Waals surface area (Å²) < 4.78 is 5.86. The van der Waals surface area contributed by atoms with E-state index in [1.165, 1.54) is 5.56 Å². The Morgan fingerprint density at radius 3 is 2.14 bits per heavy atom. The van der Waals surface area contributed by atoms with E-state index in [1.54, 1.807) is 4.90 Å². The number of carbonyl (C=O) groups is 2. The Bertz CT molecular complexity index is 1080. The fourth-order valence-corrected chi connectivity index (χ4v) is 3.91. The van der Waals surface area contributed by atoms with Gasteiger partial charge in [0.05, 0.1) is 0 Å². The van der Waals surface area contributed by atoms with Crippen molar-refractivity contribution in [2.24, 2.45) is 0 Å². The molecule has 184 valence electrons. The number of carbonyl (C=O) groups excluding carboxylic acids is 2. The van der Waals surface area contributed by atoms with Gasteiger partial charge in [-0.15, -0.1) is 0 Å². The van der Waals surface area contributed by atoms with Crippen LogP contribution in [0.25, 0.3) is 0 Å². The van der Waals surface area contributed by atoms with Crippen LogP contribution in [0.2, 0.25) is 0 Å². The van der Waals surface area contributed by atoms with Crippen LogP contribution < -0.4 is 10.1 Å². The highest BCUT2D eigenvalue weighted by Gasteiger charge is 2.30. The standard InChI is InChI=1S/C30H36N2O3/c1-5-31-30(34)28(19-24-9-7-6-8-10-24)32(20-25-13-11-23(4)12-14-25)29(33)21-35-27-17-15-26(16-18-27)22(2)3/h6-18,22,28H,5,19-21H2,1-4H3,(H,31,34)/t28-/m0/s1. The van der Waals surface area contributed by atoms with E-state index in [2.05, 4.69) is 19.2 Å². The number of amides is 2. The van der Waals surface area contributed by atoms with Crippen LogP contribution in [0, 0.1) is 6.92 Å². The lowest BCUT2D eigenvalue weighted by Crippen LogP contribution is -2.51. The first-order valence-corrected chi connectivity index (χ1v) is 12.3. The predicted octanol–water partition coefficient (Wildman–Crippen LogP) is 5.27. The normalized spacial score (nSPS) is 11.7. The average Bonchev–Trinajstić information content (AvgIpc) is 2.86. The highest BCUT2D eigenvalue weighted by atomic mass is 16.5. The van der Waals surface area contributed by atoms with Crippen molar-refractivity contribution in [2.75, 3.05) is 13.2 Å². The molecular weight excluding hydrogens is 436 g/mol. The van der Waals surface area contributed by atoms with Crippen LogP contribution >= 0.6 is 0 Å².